The van der Waals surface area contributed by atoms with E-state index >= 15 is 0 Å². The summed E-state index contributed by atoms with van der Waals surface area (Å²) in [7, 11) is 1.80. The molecule has 0 radical (unpaired) electrons. The highest BCUT2D eigenvalue weighted by atomic mass is 16.2. The Bertz CT molecular complexity index is 858. The molecule has 0 amide bonds. The molecule has 0 atom stereocenters. The van der Waals surface area contributed by atoms with Crippen molar-refractivity contribution in [1.82, 2.24) is 19.9 Å². The smallest absolute Gasteiger partial charge is 0.327 e. The molecule has 4 N–H and O–H groups in total. The molecule has 0 aliphatic rings. The van der Waals surface area contributed by atoms with Crippen LogP contribution in [0.4, 0.5) is 5.69 Å². The van der Waals surface area contributed by atoms with Crippen LogP contribution in [0.1, 0.15) is 0 Å². The van der Waals surface area contributed by atoms with Crippen molar-refractivity contribution in [2.45, 2.75) is 0 Å². The van der Waals surface area contributed by atoms with Crippen LogP contribution in [0.5, 0.6) is 0 Å². The number of rotatable bonds is 2. The third-order valence-electron chi connectivity index (χ3n) is 2.84. The van der Waals surface area contributed by atoms with Gasteiger partial charge in [0.05, 0.1) is 0 Å². The van der Waals surface area contributed by atoms with Gasteiger partial charge in [0.2, 0.25) is 0 Å². The van der Waals surface area contributed by atoms with Gasteiger partial charge >= 0.3 is 5.69 Å². The average Bonchev–Trinajstić information content (AvgIpc) is 2.82. The molecule has 0 unspecified atom stereocenters. The van der Waals surface area contributed by atoms with Gasteiger partial charge in [-0.05, 0) is 12.1 Å². The van der Waals surface area contributed by atoms with Crippen molar-refractivity contribution in [2.75, 3.05) is 12.4 Å². The van der Waals surface area contributed by atoms with Gasteiger partial charge in [-0.25, -0.2) is 9.78 Å². The van der Waals surface area contributed by atoms with Crippen molar-refractivity contribution in [2.24, 2.45) is 0 Å². The summed E-state index contributed by atoms with van der Waals surface area (Å²) in [6, 6.07) is 7.54. The summed E-state index contributed by atoms with van der Waals surface area (Å²) < 4.78 is 0. The number of imidazole rings is 1. The number of H-pyrrole nitrogens is 3. The molecular weight excluding hydrogens is 246 g/mol. The van der Waals surface area contributed by atoms with Gasteiger partial charge in [-0.3, -0.25) is 14.8 Å². The maximum atomic E-state index is 11.6. The molecule has 2 heterocycles. The van der Waals surface area contributed by atoms with E-state index in [0.29, 0.717) is 5.82 Å². The highest BCUT2D eigenvalue weighted by Gasteiger charge is 2.11. The number of aromatic amines is 3. The molecule has 3 aromatic rings. The third kappa shape index (κ3) is 1.81. The Morgan fingerprint density at radius 2 is 1.89 bits per heavy atom. The topological polar surface area (TPSA) is 106 Å². The molecule has 0 saturated heterocycles. The lowest BCUT2D eigenvalue weighted by atomic mass is 10.1. The number of hydrogen-bond acceptors (Lipinski definition) is 4. The molecule has 3 rings (SSSR count). The Labute approximate surface area is 106 Å². The van der Waals surface area contributed by atoms with E-state index in [2.05, 4.69) is 25.3 Å². The first-order valence-corrected chi connectivity index (χ1v) is 5.68. The molecular formula is C12H11N5O2. The molecule has 0 aliphatic carbocycles. The number of hydrogen-bond donors (Lipinski definition) is 4. The van der Waals surface area contributed by atoms with E-state index in [-0.39, 0.29) is 11.2 Å². The summed E-state index contributed by atoms with van der Waals surface area (Å²) in [4.78, 5) is 34.6. The molecule has 0 saturated carbocycles. The summed E-state index contributed by atoms with van der Waals surface area (Å²) in [6.45, 7) is 0. The largest absolute Gasteiger partial charge is 0.388 e. The lowest BCUT2D eigenvalue weighted by Crippen LogP contribution is -2.21. The Morgan fingerprint density at radius 1 is 1.11 bits per heavy atom. The van der Waals surface area contributed by atoms with Crippen LogP contribution in [0.25, 0.3) is 22.6 Å². The van der Waals surface area contributed by atoms with E-state index in [9.17, 15) is 9.59 Å². The van der Waals surface area contributed by atoms with E-state index in [1.54, 1.807) is 7.05 Å². The van der Waals surface area contributed by atoms with Crippen molar-refractivity contribution in [3.63, 3.8) is 0 Å². The van der Waals surface area contributed by atoms with E-state index in [1.165, 1.54) is 0 Å². The van der Waals surface area contributed by atoms with Gasteiger partial charge in [0, 0.05) is 18.3 Å². The molecule has 7 nitrogen and oxygen atoms in total. The van der Waals surface area contributed by atoms with Crippen LogP contribution < -0.4 is 16.6 Å². The number of benzene rings is 1. The molecule has 96 valence electrons. The lowest BCUT2D eigenvalue weighted by molar-refractivity contribution is 1.07. The Kier molecular flexibility index (Phi) is 2.45. The second kappa shape index (κ2) is 4.13. The van der Waals surface area contributed by atoms with Crippen molar-refractivity contribution in [3.8, 4) is 11.4 Å². The number of fused-ring (bicyclic) bond motifs is 1. The summed E-state index contributed by atoms with van der Waals surface area (Å²) in [6.07, 6.45) is 0. The molecule has 2 aromatic heterocycles. The van der Waals surface area contributed by atoms with E-state index < -0.39 is 11.2 Å². The van der Waals surface area contributed by atoms with Crippen LogP contribution in [-0.4, -0.2) is 27.0 Å². The van der Waals surface area contributed by atoms with Gasteiger partial charge in [-0.1, -0.05) is 12.1 Å². The molecule has 19 heavy (non-hydrogen) atoms. The first-order chi connectivity index (χ1) is 9.19. The normalized spacial score (nSPS) is 10.8. The van der Waals surface area contributed by atoms with Crippen LogP contribution in [0.15, 0.2) is 33.9 Å². The fourth-order valence-corrected chi connectivity index (χ4v) is 1.97. The van der Waals surface area contributed by atoms with Crippen LogP contribution in [0, 0.1) is 0 Å². The fourth-order valence-electron chi connectivity index (χ4n) is 1.97. The summed E-state index contributed by atoms with van der Waals surface area (Å²) in [5.74, 6) is 0.521. The second-order valence-corrected chi connectivity index (χ2v) is 4.01. The second-order valence-electron chi connectivity index (χ2n) is 4.01. The summed E-state index contributed by atoms with van der Waals surface area (Å²) in [5.41, 5.74) is 1.13. The van der Waals surface area contributed by atoms with Gasteiger partial charge in [-0.15, -0.1) is 0 Å². The molecule has 0 spiro atoms. The first kappa shape index (κ1) is 11.3. The van der Waals surface area contributed by atoms with E-state index in [0.717, 1.165) is 11.3 Å². The number of nitrogens with zero attached hydrogens (tertiary/aromatic N) is 1. The zero-order valence-electron chi connectivity index (χ0n) is 10.1. The van der Waals surface area contributed by atoms with Crippen molar-refractivity contribution >= 4 is 16.9 Å². The minimum atomic E-state index is -0.572. The standard InChI is InChI=1S/C12H11N5O2/c1-13-7-5-3-2-4-6(7)9-14-8-10(15-9)16-12(19)17-11(8)18/h2-5,13H,1H3,(H3,14,15,16,17,18,19). The third-order valence-corrected chi connectivity index (χ3v) is 2.84. The number of para-hydroxylation sites is 1. The fraction of sp³-hybridized carbons (Fsp3) is 0.0833. The van der Waals surface area contributed by atoms with Gasteiger partial charge in [0.1, 0.15) is 11.3 Å². The number of aromatic nitrogens is 4. The Morgan fingerprint density at radius 3 is 2.68 bits per heavy atom. The molecule has 1 aromatic carbocycles. The minimum absolute atomic E-state index is 0.245. The first-order valence-electron chi connectivity index (χ1n) is 5.68. The maximum Gasteiger partial charge on any atom is 0.327 e. The molecule has 0 fully saturated rings. The van der Waals surface area contributed by atoms with Crippen molar-refractivity contribution in [1.29, 1.82) is 0 Å². The summed E-state index contributed by atoms with van der Waals surface area (Å²) >= 11 is 0. The number of anilines is 1. The van der Waals surface area contributed by atoms with Gasteiger partial charge in [-0.2, -0.15) is 0 Å². The zero-order chi connectivity index (χ0) is 13.4. The van der Waals surface area contributed by atoms with Crippen molar-refractivity contribution in [3.05, 3.63) is 45.1 Å². The molecule has 0 aliphatic heterocycles. The predicted molar refractivity (Wildman–Crippen MR) is 72.3 cm³/mol. The highest BCUT2D eigenvalue weighted by molar-refractivity contribution is 5.80. The SMILES string of the molecule is CNc1ccccc1-c1nc2[nH]c(=O)[nH]c(=O)c2[nH]1. The molecule has 0 bridgehead atoms. The monoisotopic (exact) mass is 257 g/mol. The highest BCUT2D eigenvalue weighted by Crippen LogP contribution is 2.25. The predicted octanol–water partition coefficient (Wildman–Crippen LogP) is 0.648. The van der Waals surface area contributed by atoms with Crippen LogP contribution >= 0.6 is 0 Å². The Balaban J connectivity index is 2.29. The average molecular weight is 257 g/mol. The quantitative estimate of drug-likeness (QED) is 0.540. The summed E-state index contributed by atoms with van der Waals surface area (Å²) in [5, 5.41) is 3.05. The van der Waals surface area contributed by atoms with Crippen molar-refractivity contribution < 1.29 is 0 Å². The van der Waals surface area contributed by atoms with Gasteiger partial charge in [0.25, 0.3) is 5.56 Å². The minimum Gasteiger partial charge on any atom is -0.388 e. The number of nitrogens with one attached hydrogen (secondary N) is 4. The van der Waals surface area contributed by atoms with Crippen LogP contribution in [0.3, 0.4) is 0 Å². The van der Waals surface area contributed by atoms with Gasteiger partial charge in [0.15, 0.2) is 5.65 Å². The van der Waals surface area contributed by atoms with Crippen LogP contribution in [-0.2, 0) is 0 Å². The Hall–Kier alpha value is -2.83. The zero-order valence-corrected chi connectivity index (χ0v) is 10.1. The van der Waals surface area contributed by atoms with E-state index in [4.69, 9.17) is 0 Å². The van der Waals surface area contributed by atoms with Crippen LogP contribution in [0.2, 0.25) is 0 Å². The van der Waals surface area contributed by atoms with E-state index in [1.807, 2.05) is 24.3 Å². The molecule has 7 heteroatoms. The lowest BCUT2D eigenvalue weighted by Gasteiger charge is -2.05. The van der Waals surface area contributed by atoms with Gasteiger partial charge < -0.3 is 10.3 Å². The maximum absolute atomic E-state index is 11.6.